The van der Waals surface area contributed by atoms with Gasteiger partial charge in [0.05, 0.1) is 5.69 Å². The molecule has 2 nitrogen and oxygen atoms in total. The van der Waals surface area contributed by atoms with Gasteiger partial charge in [0.2, 0.25) is 0 Å². The first-order chi connectivity index (χ1) is 7.25. The Kier molecular flexibility index (Phi) is 1.96. The molecule has 2 aliphatic rings. The molecule has 2 atom stereocenters. The van der Waals surface area contributed by atoms with Gasteiger partial charge in [-0.1, -0.05) is 12.1 Å². The number of piperidine rings is 1. The molecule has 15 heavy (non-hydrogen) atoms. The summed E-state index contributed by atoms with van der Waals surface area (Å²) in [6, 6.07) is 6.05. The Hall–Kier alpha value is -1.09. The normalized spacial score (nSPS) is 28.8. The average Bonchev–Trinajstić information content (AvgIpc) is 2.57. The lowest BCUT2D eigenvalue weighted by molar-refractivity contribution is 0.429. The van der Waals surface area contributed by atoms with E-state index in [-0.39, 0.29) is 11.9 Å². The molecule has 3 rings (SSSR count). The van der Waals surface area contributed by atoms with Crippen molar-refractivity contribution in [1.29, 1.82) is 0 Å². The van der Waals surface area contributed by atoms with E-state index in [0.29, 0.717) is 6.04 Å². The first-order valence-electron chi connectivity index (χ1n) is 5.55. The number of hydrogen-bond acceptors (Lipinski definition) is 2. The summed E-state index contributed by atoms with van der Waals surface area (Å²) in [6.07, 6.45) is 3.14. The quantitative estimate of drug-likeness (QED) is 0.699. The molecule has 80 valence electrons. The van der Waals surface area contributed by atoms with Crippen LogP contribution in [0.15, 0.2) is 18.2 Å². The Balaban J connectivity index is 2.02. The highest BCUT2D eigenvalue weighted by molar-refractivity contribution is 5.61. The molecule has 0 saturated carbocycles. The van der Waals surface area contributed by atoms with Crippen LogP contribution in [0, 0.1) is 5.82 Å². The van der Waals surface area contributed by atoms with E-state index >= 15 is 0 Å². The second-order valence-corrected chi connectivity index (χ2v) is 4.60. The molecule has 1 saturated heterocycles. The molecular weight excluding hydrogens is 191 g/mol. The molecule has 0 aliphatic carbocycles. The molecule has 2 aliphatic heterocycles. The number of rotatable bonds is 0. The summed E-state index contributed by atoms with van der Waals surface area (Å²) < 4.78 is 13.7. The summed E-state index contributed by atoms with van der Waals surface area (Å²) in [6.45, 7) is 0.804. The van der Waals surface area contributed by atoms with E-state index in [9.17, 15) is 4.39 Å². The molecule has 2 N–H and O–H groups in total. The van der Waals surface area contributed by atoms with Gasteiger partial charge in [0.15, 0.2) is 0 Å². The molecule has 0 spiro atoms. The van der Waals surface area contributed by atoms with Crippen molar-refractivity contribution in [3.8, 4) is 0 Å². The van der Waals surface area contributed by atoms with Gasteiger partial charge >= 0.3 is 0 Å². The first kappa shape index (κ1) is 9.16. The van der Waals surface area contributed by atoms with Crippen LogP contribution in [0.4, 0.5) is 10.1 Å². The second kappa shape index (κ2) is 3.20. The molecule has 1 aromatic carbocycles. The lowest BCUT2D eigenvalue weighted by Crippen LogP contribution is -2.47. The zero-order valence-corrected chi connectivity index (χ0v) is 8.62. The van der Waals surface area contributed by atoms with E-state index in [1.807, 2.05) is 6.07 Å². The van der Waals surface area contributed by atoms with Gasteiger partial charge in [-0.15, -0.1) is 0 Å². The Morgan fingerprint density at radius 2 is 2.20 bits per heavy atom. The number of nitrogens with two attached hydrogens (primary N) is 1. The Morgan fingerprint density at radius 3 is 3.07 bits per heavy atom. The third-order valence-corrected chi connectivity index (χ3v) is 3.56. The highest BCUT2D eigenvalue weighted by atomic mass is 19.1. The number of benzene rings is 1. The minimum absolute atomic E-state index is 0.0934. The summed E-state index contributed by atoms with van der Waals surface area (Å²) in [7, 11) is 0. The van der Waals surface area contributed by atoms with Crippen LogP contribution in [0.25, 0.3) is 0 Å². The summed E-state index contributed by atoms with van der Waals surface area (Å²) >= 11 is 0. The maximum atomic E-state index is 13.7. The molecule has 0 amide bonds. The van der Waals surface area contributed by atoms with E-state index in [4.69, 9.17) is 5.73 Å². The van der Waals surface area contributed by atoms with Crippen LogP contribution in [-0.4, -0.2) is 18.6 Å². The van der Waals surface area contributed by atoms with E-state index < -0.39 is 0 Å². The summed E-state index contributed by atoms with van der Waals surface area (Å²) in [4.78, 5) is 2.17. The third-order valence-electron chi connectivity index (χ3n) is 3.56. The number of anilines is 1. The van der Waals surface area contributed by atoms with Gasteiger partial charge < -0.3 is 10.6 Å². The minimum Gasteiger partial charge on any atom is -0.364 e. The average molecular weight is 206 g/mol. The number of nitrogens with zero attached hydrogens (tertiary/aromatic N) is 1. The molecule has 1 aromatic rings. The van der Waals surface area contributed by atoms with E-state index in [2.05, 4.69) is 4.90 Å². The maximum absolute atomic E-state index is 13.7. The topological polar surface area (TPSA) is 29.3 Å². The number of para-hydroxylation sites is 1. The van der Waals surface area contributed by atoms with Crippen LogP contribution in [-0.2, 0) is 6.42 Å². The van der Waals surface area contributed by atoms with Crippen LogP contribution < -0.4 is 10.6 Å². The van der Waals surface area contributed by atoms with Crippen molar-refractivity contribution in [3.63, 3.8) is 0 Å². The molecule has 1 fully saturated rings. The second-order valence-electron chi connectivity index (χ2n) is 4.60. The van der Waals surface area contributed by atoms with Crippen molar-refractivity contribution >= 4 is 5.69 Å². The Morgan fingerprint density at radius 1 is 1.33 bits per heavy atom. The molecule has 0 bridgehead atoms. The molecule has 2 unspecified atom stereocenters. The monoisotopic (exact) mass is 206 g/mol. The number of halogens is 1. The SMILES string of the molecule is NC1CCC2Cc3cccc(F)c3N2C1. The first-order valence-corrected chi connectivity index (χ1v) is 5.55. The highest BCUT2D eigenvalue weighted by Gasteiger charge is 2.35. The van der Waals surface area contributed by atoms with Gasteiger partial charge in [-0.05, 0) is 30.9 Å². The van der Waals surface area contributed by atoms with Crippen molar-refractivity contribution in [1.82, 2.24) is 0 Å². The molecular formula is C12H15FN2. The lowest BCUT2D eigenvalue weighted by Gasteiger charge is -2.35. The highest BCUT2D eigenvalue weighted by Crippen LogP contribution is 2.38. The van der Waals surface area contributed by atoms with Gasteiger partial charge in [0.25, 0.3) is 0 Å². The van der Waals surface area contributed by atoms with Gasteiger partial charge in [-0.2, -0.15) is 0 Å². The van der Waals surface area contributed by atoms with Crippen LogP contribution in [0.5, 0.6) is 0 Å². The van der Waals surface area contributed by atoms with Crippen LogP contribution in [0.3, 0.4) is 0 Å². The maximum Gasteiger partial charge on any atom is 0.146 e. The van der Waals surface area contributed by atoms with Crippen LogP contribution in [0.1, 0.15) is 18.4 Å². The minimum atomic E-state index is -0.0934. The molecule has 0 radical (unpaired) electrons. The Labute approximate surface area is 88.9 Å². The fraction of sp³-hybridized carbons (Fsp3) is 0.500. The largest absolute Gasteiger partial charge is 0.364 e. The summed E-state index contributed by atoms with van der Waals surface area (Å²) in [5, 5.41) is 0. The van der Waals surface area contributed by atoms with E-state index in [0.717, 1.165) is 37.1 Å². The summed E-state index contributed by atoms with van der Waals surface area (Å²) in [5.41, 5.74) is 7.88. The van der Waals surface area contributed by atoms with Crippen molar-refractivity contribution in [2.45, 2.75) is 31.3 Å². The van der Waals surface area contributed by atoms with Crippen LogP contribution in [0.2, 0.25) is 0 Å². The van der Waals surface area contributed by atoms with Crippen molar-refractivity contribution < 1.29 is 4.39 Å². The fourth-order valence-electron chi connectivity index (χ4n) is 2.84. The molecule has 0 aromatic heterocycles. The van der Waals surface area contributed by atoms with Crippen molar-refractivity contribution in [2.24, 2.45) is 5.73 Å². The lowest BCUT2D eigenvalue weighted by atomic mass is 9.99. The predicted octanol–water partition coefficient (Wildman–Crippen LogP) is 1.68. The fourth-order valence-corrected chi connectivity index (χ4v) is 2.84. The Bertz CT molecular complexity index is 391. The van der Waals surface area contributed by atoms with Gasteiger partial charge in [-0.25, -0.2) is 4.39 Å². The third kappa shape index (κ3) is 1.34. The zero-order chi connectivity index (χ0) is 10.4. The van der Waals surface area contributed by atoms with Gasteiger partial charge in [0, 0.05) is 18.6 Å². The summed E-state index contributed by atoms with van der Waals surface area (Å²) in [5.74, 6) is -0.0934. The zero-order valence-electron chi connectivity index (χ0n) is 8.62. The van der Waals surface area contributed by atoms with Gasteiger partial charge in [-0.3, -0.25) is 0 Å². The predicted molar refractivity (Wildman–Crippen MR) is 58.4 cm³/mol. The van der Waals surface area contributed by atoms with Crippen molar-refractivity contribution in [2.75, 3.05) is 11.4 Å². The van der Waals surface area contributed by atoms with Crippen molar-refractivity contribution in [3.05, 3.63) is 29.6 Å². The smallest absolute Gasteiger partial charge is 0.146 e. The number of fused-ring (bicyclic) bond motifs is 3. The molecule has 3 heteroatoms. The molecule has 2 heterocycles. The van der Waals surface area contributed by atoms with Crippen LogP contribution >= 0.6 is 0 Å². The van der Waals surface area contributed by atoms with E-state index in [1.165, 1.54) is 0 Å². The van der Waals surface area contributed by atoms with Gasteiger partial charge in [0.1, 0.15) is 5.82 Å². The van der Waals surface area contributed by atoms with E-state index in [1.54, 1.807) is 12.1 Å². The standard InChI is InChI=1S/C12H15FN2/c13-11-3-1-2-8-6-10-5-4-9(14)7-15(10)12(8)11/h1-3,9-10H,4-7,14H2. The number of hydrogen-bond donors (Lipinski definition) is 1.